The summed E-state index contributed by atoms with van der Waals surface area (Å²) < 4.78 is 5.03. The quantitative estimate of drug-likeness (QED) is 0.781. The van der Waals surface area contributed by atoms with E-state index in [1.165, 1.54) is 0 Å². The Kier molecular flexibility index (Phi) is 6.09. The Morgan fingerprint density at radius 1 is 1.18 bits per heavy atom. The van der Waals surface area contributed by atoms with Crippen LogP contribution in [0.1, 0.15) is 34.8 Å². The van der Waals surface area contributed by atoms with E-state index in [9.17, 15) is 14.4 Å². The predicted octanol–water partition coefficient (Wildman–Crippen LogP) is 3.16. The molecule has 146 valence electrons. The molecular weight excluding hydrogens is 356 g/mol. The zero-order valence-electron chi connectivity index (χ0n) is 16.1. The van der Waals surface area contributed by atoms with Gasteiger partial charge in [-0.3, -0.25) is 9.59 Å². The van der Waals surface area contributed by atoms with Gasteiger partial charge in [0.2, 0.25) is 11.8 Å². The average Bonchev–Trinajstić information content (AvgIpc) is 3.03. The molecule has 0 aliphatic carbocycles. The van der Waals surface area contributed by atoms with Gasteiger partial charge in [-0.25, -0.2) is 4.79 Å². The number of esters is 1. The van der Waals surface area contributed by atoms with Crippen molar-refractivity contribution in [2.24, 2.45) is 5.92 Å². The van der Waals surface area contributed by atoms with E-state index in [2.05, 4.69) is 5.32 Å². The molecule has 0 radical (unpaired) electrons. The Morgan fingerprint density at radius 3 is 2.71 bits per heavy atom. The second-order valence-corrected chi connectivity index (χ2v) is 6.92. The maximum atomic E-state index is 12.7. The molecule has 0 spiro atoms. The highest BCUT2D eigenvalue weighted by atomic mass is 16.5. The molecule has 3 rings (SSSR count). The molecule has 0 saturated carbocycles. The van der Waals surface area contributed by atoms with Gasteiger partial charge in [0.1, 0.15) is 0 Å². The minimum atomic E-state index is -0.484. The minimum absolute atomic E-state index is 0.0414. The topological polar surface area (TPSA) is 75.7 Å². The van der Waals surface area contributed by atoms with Gasteiger partial charge in [-0.1, -0.05) is 42.0 Å². The lowest BCUT2D eigenvalue weighted by Crippen LogP contribution is -2.28. The maximum absolute atomic E-state index is 12.7. The van der Waals surface area contributed by atoms with Crippen LogP contribution in [0.5, 0.6) is 0 Å². The largest absolute Gasteiger partial charge is 0.462 e. The van der Waals surface area contributed by atoms with E-state index in [1.807, 2.05) is 31.2 Å². The Labute approximate surface area is 164 Å². The summed E-state index contributed by atoms with van der Waals surface area (Å²) in [7, 11) is 0. The second kappa shape index (κ2) is 8.69. The first-order chi connectivity index (χ1) is 13.5. The highest BCUT2D eigenvalue weighted by molar-refractivity contribution is 6.03. The van der Waals surface area contributed by atoms with Crippen molar-refractivity contribution in [2.75, 3.05) is 18.5 Å². The predicted molar refractivity (Wildman–Crippen MR) is 106 cm³/mol. The number of aryl methyl sites for hydroxylation is 1. The number of ether oxygens (including phenoxy) is 1. The molecule has 6 nitrogen and oxygen atoms in total. The molecule has 1 heterocycles. The molecule has 1 N–H and O–H groups in total. The van der Waals surface area contributed by atoms with Crippen molar-refractivity contribution in [2.45, 2.75) is 26.8 Å². The van der Waals surface area contributed by atoms with E-state index < -0.39 is 11.9 Å². The van der Waals surface area contributed by atoms with Crippen molar-refractivity contribution in [3.63, 3.8) is 0 Å². The zero-order valence-corrected chi connectivity index (χ0v) is 16.1. The summed E-state index contributed by atoms with van der Waals surface area (Å²) in [4.78, 5) is 38.8. The van der Waals surface area contributed by atoms with Crippen molar-refractivity contribution in [3.8, 4) is 0 Å². The van der Waals surface area contributed by atoms with Gasteiger partial charge in [0, 0.05) is 19.5 Å². The lowest BCUT2D eigenvalue weighted by atomic mass is 10.1. The summed E-state index contributed by atoms with van der Waals surface area (Å²) in [5.74, 6) is -1.24. The Bertz CT molecular complexity index is 894. The van der Waals surface area contributed by atoms with Crippen molar-refractivity contribution in [1.29, 1.82) is 0 Å². The zero-order chi connectivity index (χ0) is 20.1. The monoisotopic (exact) mass is 380 g/mol. The number of carbonyl (C=O) groups is 3. The maximum Gasteiger partial charge on any atom is 0.340 e. The summed E-state index contributed by atoms with van der Waals surface area (Å²) >= 11 is 0. The molecule has 1 unspecified atom stereocenters. The van der Waals surface area contributed by atoms with Crippen molar-refractivity contribution in [1.82, 2.24) is 4.90 Å². The number of amides is 2. The highest BCUT2D eigenvalue weighted by Gasteiger charge is 2.34. The number of carbonyl (C=O) groups excluding carboxylic acids is 3. The molecule has 0 aromatic heterocycles. The first kappa shape index (κ1) is 19.6. The number of nitrogens with one attached hydrogen (secondary N) is 1. The average molecular weight is 380 g/mol. The van der Waals surface area contributed by atoms with Crippen LogP contribution in [0.4, 0.5) is 5.69 Å². The Morgan fingerprint density at radius 2 is 1.96 bits per heavy atom. The van der Waals surface area contributed by atoms with Crippen LogP contribution < -0.4 is 5.32 Å². The van der Waals surface area contributed by atoms with Crippen LogP contribution >= 0.6 is 0 Å². The SMILES string of the molecule is CCOC(=O)c1ccccc1NC(=O)C1CC(=O)N(Cc2cccc(C)c2)C1. The normalized spacial score (nSPS) is 16.1. The second-order valence-electron chi connectivity index (χ2n) is 6.92. The fourth-order valence-electron chi connectivity index (χ4n) is 3.35. The molecule has 1 fully saturated rings. The number of rotatable bonds is 6. The fraction of sp³-hybridized carbons (Fsp3) is 0.318. The summed E-state index contributed by atoms with van der Waals surface area (Å²) in [6, 6.07) is 14.7. The molecule has 0 bridgehead atoms. The third-order valence-corrected chi connectivity index (χ3v) is 4.72. The summed E-state index contributed by atoms with van der Waals surface area (Å²) in [6.45, 7) is 4.84. The van der Waals surface area contributed by atoms with Gasteiger partial charge in [-0.2, -0.15) is 0 Å². The van der Waals surface area contributed by atoms with Gasteiger partial charge in [-0.15, -0.1) is 0 Å². The van der Waals surface area contributed by atoms with E-state index in [0.717, 1.165) is 11.1 Å². The van der Waals surface area contributed by atoms with E-state index >= 15 is 0 Å². The van der Waals surface area contributed by atoms with E-state index in [0.29, 0.717) is 24.3 Å². The number of likely N-dealkylation sites (tertiary alicyclic amines) is 1. The van der Waals surface area contributed by atoms with Gasteiger partial charge in [0.05, 0.1) is 23.8 Å². The molecule has 2 amide bonds. The highest BCUT2D eigenvalue weighted by Crippen LogP contribution is 2.24. The van der Waals surface area contributed by atoms with Crippen molar-refractivity contribution in [3.05, 3.63) is 65.2 Å². The standard InChI is InChI=1S/C22H24N2O4/c1-3-28-22(27)18-9-4-5-10-19(18)23-21(26)17-12-20(25)24(14-17)13-16-8-6-7-15(2)11-16/h4-11,17H,3,12-14H2,1-2H3,(H,23,26). The third-order valence-electron chi connectivity index (χ3n) is 4.72. The van der Waals surface area contributed by atoms with Crippen LogP contribution in [0.2, 0.25) is 0 Å². The van der Waals surface area contributed by atoms with Crippen LogP contribution in [-0.4, -0.2) is 35.8 Å². The molecular formula is C22H24N2O4. The van der Waals surface area contributed by atoms with E-state index in [1.54, 1.807) is 36.1 Å². The van der Waals surface area contributed by atoms with Crippen LogP contribution in [0.25, 0.3) is 0 Å². The van der Waals surface area contributed by atoms with Gasteiger partial charge < -0.3 is 15.0 Å². The molecule has 28 heavy (non-hydrogen) atoms. The van der Waals surface area contributed by atoms with Crippen LogP contribution in [0.15, 0.2) is 48.5 Å². The summed E-state index contributed by atoms with van der Waals surface area (Å²) in [6.07, 6.45) is 0.166. The number of hydrogen-bond acceptors (Lipinski definition) is 4. The minimum Gasteiger partial charge on any atom is -0.462 e. The molecule has 1 aliphatic rings. The number of anilines is 1. The molecule has 1 saturated heterocycles. The lowest BCUT2D eigenvalue weighted by Gasteiger charge is -2.17. The van der Waals surface area contributed by atoms with Gasteiger partial charge in [0.15, 0.2) is 0 Å². The van der Waals surface area contributed by atoms with Crippen LogP contribution in [0, 0.1) is 12.8 Å². The first-order valence-corrected chi connectivity index (χ1v) is 9.38. The Balaban J connectivity index is 1.66. The van der Waals surface area contributed by atoms with Crippen LogP contribution in [-0.2, 0) is 20.9 Å². The molecule has 1 atom stereocenters. The summed E-state index contributed by atoms with van der Waals surface area (Å²) in [5, 5.41) is 2.79. The number of para-hydroxylation sites is 1. The Hall–Kier alpha value is -3.15. The number of hydrogen-bond donors (Lipinski definition) is 1. The third kappa shape index (κ3) is 4.57. The van der Waals surface area contributed by atoms with Crippen molar-refractivity contribution >= 4 is 23.5 Å². The van der Waals surface area contributed by atoms with Gasteiger partial charge in [-0.05, 0) is 31.5 Å². The van der Waals surface area contributed by atoms with Crippen LogP contribution in [0.3, 0.4) is 0 Å². The van der Waals surface area contributed by atoms with E-state index in [4.69, 9.17) is 4.74 Å². The fourth-order valence-corrected chi connectivity index (χ4v) is 3.35. The molecule has 6 heteroatoms. The van der Waals surface area contributed by atoms with Gasteiger partial charge >= 0.3 is 5.97 Å². The first-order valence-electron chi connectivity index (χ1n) is 9.38. The summed E-state index contributed by atoms with van der Waals surface area (Å²) in [5.41, 5.74) is 2.88. The van der Waals surface area contributed by atoms with Gasteiger partial charge in [0.25, 0.3) is 0 Å². The lowest BCUT2D eigenvalue weighted by molar-refractivity contribution is -0.128. The molecule has 2 aromatic carbocycles. The smallest absolute Gasteiger partial charge is 0.340 e. The number of nitrogens with zero attached hydrogens (tertiary/aromatic N) is 1. The molecule has 2 aromatic rings. The van der Waals surface area contributed by atoms with Crippen molar-refractivity contribution < 1.29 is 19.1 Å². The molecule has 1 aliphatic heterocycles. The number of benzene rings is 2. The van der Waals surface area contributed by atoms with E-state index in [-0.39, 0.29) is 24.8 Å².